The number of aliphatic hydroxyl groups is 1. The predicted molar refractivity (Wildman–Crippen MR) is 62.9 cm³/mol. The third-order valence-corrected chi connectivity index (χ3v) is 4.33. The fourth-order valence-corrected chi connectivity index (χ4v) is 3.09. The van der Waals surface area contributed by atoms with Gasteiger partial charge in [-0.2, -0.15) is 0 Å². The smallest absolute Gasteiger partial charge is 0.226 e. The van der Waals surface area contributed by atoms with Crippen LogP contribution in [0.1, 0.15) is 46.0 Å². The van der Waals surface area contributed by atoms with Crippen molar-refractivity contribution in [2.45, 2.75) is 52.1 Å². The number of hydrogen-bond donors (Lipinski definition) is 1. The van der Waals surface area contributed by atoms with Crippen LogP contribution in [-0.2, 0) is 4.79 Å². The molecule has 16 heavy (non-hydrogen) atoms. The summed E-state index contributed by atoms with van der Waals surface area (Å²) in [5, 5.41) is 9.44. The van der Waals surface area contributed by atoms with Crippen LogP contribution >= 0.6 is 0 Å². The molecule has 0 aromatic heterocycles. The Morgan fingerprint density at radius 2 is 1.88 bits per heavy atom. The van der Waals surface area contributed by atoms with E-state index >= 15 is 0 Å². The molecule has 1 N–H and O–H groups in total. The Morgan fingerprint density at radius 3 is 2.38 bits per heavy atom. The van der Waals surface area contributed by atoms with E-state index < -0.39 is 0 Å². The highest BCUT2D eigenvalue weighted by Crippen LogP contribution is 2.43. The minimum absolute atomic E-state index is 0.174. The zero-order chi connectivity index (χ0) is 11.8. The van der Waals surface area contributed by atoms with E-state index in [1.54, 1.807) is 0 Å². The Labute approximate surface area is 97.8 Å². The third-order valence-electron chi connectivity index (χ3n) is 4.33. The molecule has 2 rings (SSSR count). The Bertz CT molecular complexity index is 267. The lowest BCUT2D eigenvalue weighted by Gasteiger charge is -2.35. The van der Waals surface area contributed by atoms with Gasteiger partial charge in [0.2, 0.25) is 5.91 Å². The third kappa shape index (κ3) is 2.24. The Balaban J connectivity index is 1.97. The van der Waals surface area contributed by atoms with Crippen molar-refractivity contribution in [3.05, 3.63) is 0 Å². The lowest BCUT2D eigenvalue weighted by Crippen LogP contribution is -2.45. The summed E-state index contributed by atoms with van der Waals surface area (Å²) in [5.41, 5.74) is 0.174. The number of carbonyl (C=O) groups is 1. The molecule has 0 spiro atoms. The van der Waals surface area contributed by atoms with Crippen LogP contribution in [0.3, 0.4) is 0 Å². The fourth-order valence-electron chi connectivity index (χ4n) is 3.09. The lowest BCUT2D eigenvalue weighted by atomic mass is 9.81. The number of likely N-dealkylation sites (tertiary alicyclic amines) is 1. The fraction of sp³-hybridized carbons (Fsp3) is 0.923. The van der Waals surface area contributed by atoms with Gasteiger partial charge in [0.25, 0.3) is 0 Å². The molecular weight excluding hydrogens is 202 g/mol. The molecule has 2 aliphatic rings. The van der Waals surface area contributed by atoms with Gasteiger partial charge >= 0.3 is 0 Å². The second kappa shape index (κ2) is 4.36. The highest BCUT2D eigenvalue weighted by atomic mass is 16.3. The Kier molecular flexibility index (Phi) is 3.24. The molecule has 1 saturated carbocycles. The molecule has 1 aliphatic carbocycles. The first-order chi connectivity index (χ1) is 7.50. The largest absolute Gasteiger partial charge is 0.393 e. The van der Waals surface area contributed by atoms with Crippen molar-refractivity contribution in [2.24, 2.45) is 11.3 Å². The van der Waals surface area contributed by atoms with Crippen molar-refractivity contribution in [3.8, 4) is 0 Å². The minimum Gasteiger partial charge on any atom is -0.393 e. The molecule has 2 fully saturated rings. The first-order valence-electron chi connectivity index (χ1n) is 6.47. The molecule has 1 amide bonds. The maximum Gasteiger partial charge on any atom is 0.226 e. The number of piperidine rings is 1. The van der Waals surface area contributed by atoms with E-state index in [1.807, 2.05) is 4.90 Å². The molecule has 0 aromatic rings. The van der Waals surface area contributed by atoms with Gasteiger partial charge in [0.1, 0.15) is 0 Å². The maximum atomic E-state index is 12.4. The van der Waals surface area contributed by atoms with Crippen LogP contribution in [0.4, 0.5) is 0 Å². The summed E-state index contributed by atoms with van der Waals surface area (Å²) in [5.74, 6) is 0.539. The summed E-state index contributed by atoms with van der Waals surface area (Å²) >= 11 is 0. The van der Waals surface area contributed by atoms with Gasteiger partial charge in [-0.3, -0.25) is 4.79 Å². The molecule has 3 nitrogen and oxygen atoms in total. The van der Waals surface area contributed by atoms with Gasteiger partial charge in [-0.05, 0) is 31.1 Å². The molecule has 92 valence electrons. The molecule has 1 atom stereocenters. The van der Waals surface area contributed by atoms with Crippen molar-refractivity contribution in [2.75, 3.05) is 13.1 Å². The quantitative estimate of drug-likeness (QED) is 0.739. The maximum absolute atomic E-state index is 12.4. The van der Waals surface area contributed by atoms with E-state index in [2.05, 4.69) is 13.8 Å². The lowest BCUT2D eigenvalue weighted by molar-refractivity contribution is -0.140. The van der Waals surface area contributed by atoms with Gasteiger partial charge in [0, 0.05) is 19.0 Å². The van der Waals surface area contributed by atoms with Crippen molar-refractivity contribution in [1.29, 1.82) is 0 Å². The van der Waals surface area contributed by atoms with Gasteiger partial charge in [-0.25, -0.2) is 0 Å². The number of nitrogens with zero attached hydrogens (tertiary/aromatic N) is 1. The first-order valence-corrected chi connectivity index (χ1v) is 6.47. The number of amides is 1. The second-order valence-corrected chi connectivity index (χ2v) is 5.99. The van der Waals surface area contributed by atoms with Crippen LogP contribution in [-0.4, -0.2) is 35.1 Å². The molecule has 1 saturated heterocycles. The molecular formula is C13H23NO2. The summed E-state index contributed by atoms with van der Waals surface area (Å²) in [7, 11) is 0. The number of hydrogen-bond acceptors (Lipinski definition) is 2. The van der Waals surface area contributed by atoms with E-state index in [9.17, 15) is 9.90 Å². The molecule has 1 unspecified atom stereocenters. The highest BCUT2D eigenvalue weighted by molar-refractivity contribution is 5.80. The molecule has 0 bridgehead atoms. The van der Waals surface area contributed by atoms with Crippen molar-refractivity contribution in [3.63, 3.8) is 0 Å². The average Bonchev–Trinajstić information content (AvgIpc) is 2.58. The first kappa shape index (κ1) is 11.9. The predicted octanol–water partition coefficient (Wildman–Crippen LogP) is 1.80. The van der Waals surface area contributed by atoms with Gasteiger partial charge in [-0.1, -0.05) is 20.3 Å². The van der Waals surface area contributed by atoms with Crippen LogP contribution in [0, 0.1) is 11.3 Å². The highest BCUT2D eigenvalue weighted by Gasteiger charge is 2.41. The molecule has 1 aliphatic heterocycles. The number of aliphatic hydroxyl groups excluding tert-OH is 1. The van der Waals surface area contributed by atoms with Crippen molar-refractivity contribution in [1.82, 2.24) is 4.90 Å². The van der Waals surface area contributed by atoms with E-state index in [1.165, 1.54) is 12.8 Å². The monoisotopic (exact) mass is 225 g/mol. The van der Waals surface area contributed by atoms with Gasteiger partial charge in [0.15, 0.2) is 0 Å². The summed E-state index contributed by atoms with van der Waals surface area (Å²) in [6.07, 6.45) is 4.70. The summed E-state index contributed by atoms with van der Waals surface area (Å²) in [4.78, 5) is 14.3. The minimum atomic E-state index is -0.194. The molecule has 0 aromatic carbocycles. The second-order valence-electron chi connectivity index (χ2n) is 5.99. The van der Waals surface area contributed by atoms with Crippen LogP contribution < -0.4 is 0 Å². The summed E-state index contributed by atoms with van der Waals surface area (Å²) in [6.45, 7) is 5.90. The van der Waals surface area contributed by atoms with Crippen LogP contribution in [0.2, 0.25) is 0 Å². The van der Waals surface area contributed by atoms with E-state index in [4.69, 9.17) is 0 Å². The zero-order valence-electron chi connectivity index (χ0n) is 10.4. The molecule has 1 heterocycles. The van der Waals surface area contributed by atoms with Gasteiger partial charge < -0.3 is 10.0 Å². The summed E-state index contributed by atoms with van der Waals surface area (Å²) in [6, 6.07) is 0. The van der Waals surface area contributed by atoms with Crippen LogP contribution in [0.15, 0.2) is 0 Å². The van der Waals surface area contributed by atoms with Crippen molar-refractivity contribution < 1.29 is 9.90 Å². The molecule has 0 radical (unpaired) electrons. The SMILES string of the molecule is CC1(C)CCCC1C(=O)N1CCC(O)CC1. The number of carbonyl (C=O) groups excluding carboxylic acids is 1. The Hall–Kier alpha value is -0.570. The average molecular weight is 225 g/mol. The van der Waals surface area contributed by atoms with Crippen LogP contribution in [0.5, 0.6) is 0 Å². The van der Waals surface area contributed by atoms with Gasteiger partial charge in [0.05, 0.1) is 6.10 Å². The van der Waals surface area contributed by atoms with Crippen molar-refractivity contribution >= 4 is 5.91 Å². The van der Waals surface area contributed by atoms with Gasteiger partial charge in [-0.15, -0.1) is 0 Å². The standard InChI is InChI=1S/C13H23NO2/c1-13(2)7-3-4-11(13)12(16)14-8-5-10(15)6-9-14/h10-11,15H,3-9H2,1-2H3. The topological polar surface area (TPSA) is 40.5 Å². The number of rotatable bonds is 1. The van der Waals surface area contributed by atoms with E-state index in [0.29, 0.717) is 5.91 Å². The zero-order valence-corrected chi connectivity index (χ0v) is 10.4. The normalized spacial score (nSPS) is 30.7. The van der Waals surface area contributed by atoms with E-state index in [0.717, 1.165) is 32.4 Å². The summed E-state index contributed by atoms with van der Waals surface area (Å²) < 4.78 is 0. The van der Waals surface area contributed by atoms with Crippen LogP contribution in [0.25, 0.3) is 0 Å². The Morgan fingerprint density at radius 1 is 1.25 bits per heavy atom. The molecule has 3 heteroatoms. The van der Waals surface area contributed by atoms with E-state index in [-0.39, 0.29) is 17.4 Å².